The molecule has 0 saturated carbocycles. The van der Waals surface area contributed by atoms with Gasteiger partial charge in [0.05, 0.1) is 10.1 Å². The number of hydrogen-bond acceptors (Lipinski definition) is 2. The molecule has 0 aliphatic carbocycles. The van der Waals surface area contributed by atoms with E-state index in [0.717, 1.165) is 0 Å². The molecule has 0 atom stereocenters. The first-order chi connectivity index (χ1) is 7.85. The van der Waals surface area contributed by atoms with E-state index in [2.05, 4.69) is 15.9 Å². The SMILES string of the molecule is COC(C)(C)CCC(=O)c1ccc(F)c(Br)c1. The number of ether oxygens (including phenoxy) is 1. The summed E-state index contributed by atoms with van der Waals surface area (Å²) >= 11 is 3.07. The Kier molecular flexibility index (Phi) is 4.83. The second kappa shape index (κ2) is 5.74. The summed E-state index contributed by atoms with van der Waals surface area (Å²) in [5.41, 5.74) is 0.206. The Morgan fingerprint density at radius 3 is 2.65 bits per heavy atom. The molecule has 0 aliphatic rings. The molecule has 0 unspecified atom stereocenters. The first kappa shape index (κ1) is 14.3. The molecule has 0 aliphatic heterocycles. The van der Waals surface area contributed by atoms with Crippen molar-refractivity contribution in [2.24, 2.45) is 0 Å². The molecule has 0 saturated heterocycles. The maximum absolute atomic E-state index is 13.0. The largest absolute Gasteiger partial charge is 0.379 e. The minimum absolute atomic E-state index is 0.00387. The van der Waals surface area contributed by atoms with E-state index < -0.39 is 0 Å². The van der Waals surface area contributed by atoms with Crippen molar-refractivity contribution in [3.63, 3.8) is 0 Å². The van der Waals surface area contributed by atoms with E-state index in [1.54, 1.807) is 7.11 Å². The molecular weight excluding hydrogens is 287 g/mol. The first-order valence-corrected chi connectivity index (χ1v) is 6.18. The number of Topliss-reactive ketones (excluding diaryl/α,β-unsaturated/α-hetero) is 1. The van der Waals surface area contributed by atoms with Crippen molar-refractivity contribution in [2.75, 3.05) is 7.11 Å². The average molecular weight is 303 g/mol. The standard InChI is InChI=1S/C13H16BrFO2/c1-13(2,17-3)7-6-12(16)9-4-5-11(15)10(14)8-9/h4-5,8H,6-7H2,1-3H3. The van der Waals surface area contributed by atoms with E-state index in [1.807, 2.05) is 13.8 Å². The van der Waals surface area contributed by atoms with Crippen LogP contribution in [-0.4, -0.2) is 18.5 Å². The molecule has 0 spiro atoms. The van der Waals surface area contributed by atoms with Crippen LogP contribution in [0, 0.1) is 5.82 Å². The second-order valence-corrected chi connectivity index (χ2v) is 5.37. The first-order valence-electron chi connectivity index (χ1n) is 5.39. The summed E-state index contributed by atoms with van der Waals surface area (Å²) in [6.45, 7) is 3.86. The topological polar surface area (TPSA) is 26.3 Å². The minimum Gasteiger partial charge on any atom is -0.379 e. The van der Waals surface area contributed by atoms with Gasteiger partial charge >= 0.3 is 0 Å². The van der Waals surface area contributed by atoms with Gasteiger partial charge in [-0.15, -0.1) is 0 Å². The quantitative estimate of drug-likeness (QED) is 0.769. The maximum Gasteiger partial charge on any atom is 0.163 e. The van der Waals surface area contributed by atoms with E-state index in [4.69, 9.17) is 4.74 Å². The molecule has 0 aromatic heterocycles. The van der Waals surface area contributed by atoms with Crippen molar-refractivity contribution in [1.82, 2.24) is 0 Å². The van der Waals surface area contributed by atoms with Gasteiger partial charge < -0.3 is 4.74 Å². The van der Waals surface area contributed by atoms with Crippen LogP contribution in [0.15, 0.2) is 22.7 Å². The molecule has 94 valence electrons. The van der Waals surface area contributed by atoms with Crippen molar-refractivity contribution in [2.45, 2.75) is 32.3 Å². The number of carbonyl (C=O) groups excluding carboxylic acids is 1. The van der Waals surface area contributed by atoms with Crippen LogP contribution >= 0.6 is 15.9 Å². The van der Waals surface area contributed by atoms with Crippen LogP contribution in [0.1, 0.15) is 37.0 Å². The highest BCUT2D eigenvalue weighted by Crippen LogP contribution is 2.21. The molecule has 0 heterocycles. The number of carbonyl (C=O) groups is 1. The van der Waals surface area contributed by atoms with Crippen LogP contribution in [0.2, 0.25) is 0 Å². The lowest BCUT2D eigenvalue weighted by Gasteiger charge is -2.22. The van der Waals surface area contributed by atoms with Gasteiger partial charge in [0.25, 0.3) is 0 Å². The van der Waals surface area contributed by atoms with E-state index in [-0.39, 0.29) is 17.2 Å². The van der Waals surface area contributed by atoms with Crippen LogP contribution in [0.3, 0.4) is 0 Å². The fourth-order valence-electron chi connectivity index (χ4n) is 1.33. The van der Waals surface area contributed by atoms with Crippen molar-refractivity contribution in [3.8, 4) is 0 Å². The van der Waals surface area contributed by atoms with Gasteiger partial charge in [-0.25, -0.2) is 4.39 Å². The van der Waals surface area contributed by atoms with Crippen molar-refractivity contribution >= 4 is 21.7 Å². The Morgan fingerprint density at radius 2 is 2.12 bits per heavy atom. The summed E-state index contributed by atoms with van der Waals surface area (Å²) in [5.74, 6) is -0.366. The Hall–Kier alpha value is -0.740. The fourth-order valence-corrected chi connectivity index (χ4v) is 1.71. The predicted octanol–water partition coefficient (Wildman–Crippen LogP) is 3.98. The van der Waals surface area contributed by atoms with Crippen LogP contribution in [0.5, 0.6) is 0 Å². The van der Waals surface area contributed by atoms with Crippen molar-refractivity contribution in [3.05, 3.63) is 34.1 Å². The third-order valence-corrected chi connectivity index (χ3v) is 3.36. The lowest BCUT2D eigenvalue weighted by atomic mass is 9.98. The lowest BCUT2D eigenvalue weighted by molar-refractivity contribution is 0.0141. The van der Waals surface area contributed by atoms with E-state index in [0.29, 0.717) is 22.9 Å². The molecule has 0 fully saturated rings. The van der Waals surface area contributed by atoms with Gasteiger partial charge in [0, 0.05) is 19.1 Å². The van der Waals surface area contributed by atoms with Gasteiger partial charge in [0.15, 0.2) is 5.78 Å². The highest BCUT2D eigenvalue weighted by Gasteiger charge is 2.18. The van der Waals surface area contributed by atoms with Gasteiger partial charge in [0.2, 0.25) is 0 Å². The Balaban J connectivity index is 2.68. The summed E-state index contributed by atoms with van der Waals surface area (Å²) in [5, 5.41) is 0. The summed E-state index contributed by atoms with van der Waals surface area (Å²) in [4.78, 5) is 11.9. The van der Waals surface area contributed by atoms with Crippen LogP contribution in [0.25, 0.3) is 0 Å². The summed E-state index contributed by atoms with van der Waals surface area (Å²) in [7, 11) is 1.62. The number of rotatable bonds is 5. The minimum atomic E-state index is -0.362. The number of hydrogen-bond donors (Lipinski definition) is 0. The zero-order valence-corrected chi connectivity index (χ0v) is 11.8. The summed E-state index contributed by atoms with van der Waals surface area (Å²) < 4.78 is 18.6. The van der Waals surface area contributed by atoms with Crippen LogP contribution in [-0.2, 0) is 4.74 Å². The smallest absolute Gasteiger partial charge is 0.163 e. The molecule has 0 amide bonds. The number of ketones is 1. The molecule has 0 N–H and O–H groups in total. The third kappa shape index (κ3) is 4.21. The highest BCUT2D eigenvalue weighted by molar-refractivity contribution is 9.10. The Bertz CT molecular complexity index is 416. The number of benzene rings is 1. The van der Waals surface area contributed by atoms with Crippen molar-refractivity contribution in [1.29, 1.82) is 0 Å². The highest BCUT2D eigenvalue weighted by atomic mass is 79.9. The monoisotopic (exact) mass is 302 g/mol. The maximum atomic E-state index is 13.0. The Labute approximate surface area is 109 Å². The van der Waals surface area contributed by atoms with Gasteiger partial charge in [-0.2, -0.15) is 0 Å². The number of methoxy groups -OCH3 is 1. The molecular formula is C13H16BrFO2. The molecule has 0 radical (unpaired) electrons. The zero-order valence-electron chi connectivity index (χ0n) is 10.2. The van der Waals surface area contributed by atoms with Crippen molar-refractivity contribution < 1.29 is 13.9 Å². The molecule has 0 bridgehead atoms. The molecule has 1 rings (SSSR count). The molecule has 2 nitrogen and oxygen atoms in total. The summed E-state index contributed by atoms with van der Waals surface area (Å²) in [6.07, 6.45) is 1.02. The third-order valence-electron chi connectivity index (χ3n) is 2.75. The Morgan fingerprint density at radius 1 is 1.47 bits per heavy atom. The molecule has 1 aromatic carbocycles. The van der Waals surface area contributed by atoms with Gasteiger partial charge in [-0.1, -0.05) is 0 Å². The summed E-state index contributed by atoms with van der Waals surface area (Å²) in [6, 6.07) is 4.30. The van der Waals surface area contributed by atoms with Gasteiger partial charge in [-0.05, 0) is 54.4 Å². The molecule has 1 aromatic rings. The van der Waals surface area contributed by atoms with Crippen LogP contribution < -0.4 is 0 Å². The lowest BCUT2D eigenvalue weighted by Crippen LogP contribution is -2.23. The second-order valence-electron chi connectivity index (χ2n) is 4.52. The van der Waals surface area contributed by atoms with Gasteiger partial charge in [-0.3, -0.25) is 4.79 Å². The molecule has 4 heteroatoms. The normalized spacial score (nSPS) is 11.6. The van der Waals surface area contributed by atoms with Crippen LogP contribution in [0.4, 0.5) is 4.39 Å². The fraction of sp³-hybridized carbons (Fsp3) is 0.462. The molecule has 17 heavy (non-hydrogen) atoms. The predicted molar refractivity (Wildman–Crippen MR) is 68.8 cm³/mol. The van der Waals surface area contributed by atoms with E-state index >= 15 is 0 Å². The van der Waals surface area contributed by atoms with Gasteiger partial charge in [0.1, 0.15) is 5.82 Å². The van der Waals surface area contributed by atoms with E-state index in [1.165, 1.54) is 18.2 Å². The number of halogens is 2. The average Bonchev–Trinajstić information content (AvgIpc) is 2.30. The van der Waals surface area contributed by atoms with E-state index in [9.17, 15) is 9.18 Å². The zero-order chi connectivity index (χ0) is 13.1.